The second-order valence-electron chi connectivity index (χ2n) is 4.09. The summed E-state index contributed by atoms with van der Waals surface area (Å²) in [4.78, 5) is 27.1. The molecule has 0 spiro atoms. The lowest BCUT2D eigenvalue weighted by atomic mass is 10.2. The van der Waals surface area contributed by atoms with Crippen LogP contribution in [0, 0.1) is 6.92 Å². The van der Waals surface area contributed by atoms with Gasteiger partial charge >= 0.3 is 5.97 Å². The molecule has 0 aromatic carbocycles. The minimum Gasteiger partial charge on any atom is -0.462 e. The Morgan fingerprint density at radius 1 is 1.44 bits per heavy atom. The maximum absolute atomic E-state index is 12.2. The van der Waals surface area contributed by atoms with E-state index in [4.69, 9.17) is 4.74 Å². The molecule has 2 aromatic rings. The predicted octanol–water partition coefficient (Wildman–Crippen LogP) is 1.83. The second kappa shape index (κ2) is 4.68. The van der Waals surface area contributed by atoms with Crippen LogP contribution in [0.15, 0.2) is 17.1 Å². The Labute approximate surface area is 104 Å². The Hall–Kier alpha value is -2.04. The first-order chi connectivity index (χ1) is 8.58. The summed E-state index contributed by atoms with van der Waals surface area (Å²) in [6.07, 6.45) is 1.55. The average Bonchev–Trinajstić information content (AvgIpc) is 2.72. The topological polar surface area (TPSA) is 64.1 Å². The summed E-state index contributed by atoms with van der Waals surface area (Å²) in [7, 11) is 0. The van der Waals surface area contributed by atoms with Crippen molar-refractivity contribution in [2.24, 2.45) is 0 Å². The van der Waals surface area contributed by atoms with Crippen LogP contribution in [-0.4, -0.2) is 22.1 Å². The molecule has 0 bridgehead atoms. The van der Waals surface area contributed by atoms with Crippen LogP contribution in [0.25, 0.3) is 11.0 Å². The molecule has 96 valence electrons. The summed E-state index contributed by atoms with van der Waals surface area (Å²) in [6.45, 7) is 6.48. The number of hydrogen-bond acceptors (Lipinski definition) is 3. The first-order valence-corrected chi connectivity index (χ1v) is 5.98. The number of aromatic nitrogens is 2. The van der Waals surface area contributed by atoms with Gasteiger partial charge in [0.1, 0.15) is 11.2 Å². The van der Waals surface area contributed by atoms with E-state index in [1.807, 2.05) is 18.4 Å². The zero-order chi connectivity index (χ0) is 13.3. The van der Waals surface area contributed by atoms with Gasteiger partial charge in [-0.15, -0.1) is 0 Å². The van der Waals surface area contributed by atoms with Crippen LogP contribution >= 0.6 is 0 Å². The summed E-state index contributed by atoms with van der Waals surface area (Å²) < 4.78 is 6.74. The highest BCUT2D eigenvalue weighted by atomic mass is 16.5. The highest BCUT2D eigenvalue weighted by Crippen LogP contribution is 2.13. The fraction of sp³-hybridized carbons (Fsp3) is 0.385. The van der Waals surface area contributed by atoms with E-state index < -0.39 is 5.97 Å². The number of fused-ring (bicyclic) bond motifs is 1. The third-order valence-electron chi connectivity index (χ3n) is 2.83. The van der Waals surface area contributed by atoms with Gasteiger partial charge in [0.15, 0.2) is 0 Å². The number of rotatable bonds is 3. The van der Waals surface area contributed by atoms with Gasteiger partial charge in [0.25, 0.3) is 0 Å². The van der Waals surface area contributed by atoms with Gasteiger partial charge in [-0.25, -0.2) is 4.79 Å². The third-order valence-corrected chi connectivity index (χ3v) is 2.83. The molecule has 2 aromatic heterocycles. The molecule has 0 atom stereocenters. The molecule has 5 nitrogen and oxygen atoms in total. The number of carbonyl (C=O) groups is 1. The zero-order valence-electron chi connectivity index (χ0n) is 10.7. The van der Waals surface area contributed by atoms with Crippen LogP contribution in [-0.2, 0) is 11.3 Å². The molecule has 0 aliphatic heterocycles. The number of pyridine rings is 1. The van der Waals surface area contributed by atoms with Crippen molar-refractivity contribution >= 4 is 17.0 Å². The van der Waals surface area contributed by atoms with E-state index in [-0.39, 0.29) is 17.6 Å². The van der Waals surface area contributed by atoms with Gasteiger partial charge in [-0.1, -0.05) is 0 Å². The molecule has 1 N–H and O–H groups in total. The molecule has 5 heteroatoms. The van der Waals surface area contributed by atoms with Crippen LogP contribution in [0.4, 0.5) is 0 Å². The normalized spacial score (nSPS) is 10.8. The van der Waals surface area contributed by atoms with E-state index in [2.05, 4.69) is 4.98 Å². The zero-order valence-corrected chi connectivity index (χ0v) is 10.7. The summed E-state index contributed by atoms with van der Waals surface area (Å²) in [6, 6.07) is 1.76. The number of nitrogens with zero attached hydrogens (tertiary/aromatic N) is 1. The van der Waals surface area contributed by atoms with Crippen LogP contribution < -0.4 is 5.43 Å². The van der Waals surface area contributed by atoms with Crippen molar-refractivity contribution in [3.05, 3.63) is 33.7 Å². The van der Waals surface area contributed by atoms with Crippen molar-refractivity contribution < 1.29 is 9.53 Å². The lowest BCUT2D eigenvalue weighted by molar-refractivity contribution is 0.0524. The van der Waals surface area contributed by atoms with Crippen LogP contribution in [0.2, 0.25) is 0 Å². The molecule has 0 aliphatic rings. The number of carbonyl (C=O) groups excluding carboxylic acids is 1. The first kappa shape index (κ1) is 12.4. The molecule has 18 heavy (non-hydrogen) atoms. The van der Waals surface area contributed by atoms with Gasteiger partial charge < -0.3 is 14.3 Å². The van der Waals surface area contributed by atoms with Crippen LogP contribution in [0.3, 0.4) is 0 Å². The Bertz CT molecular complexity index is 652. The number of hydrogen-bond donors (Lipinski definition) is 1. The molecular formula is C13H16N2O3. The highest BCUT2D eigenvalue weighted by molar-refractivity contribution is 5.93. The van der Waals surface area contributed by atoms with Crippen molar-refractivity contribution in [1.82, 2.24) is 9.55 Å². The Morgan fingerprint density at radius 3 is 2.78 bits per heavy atom. The molecule has 2 heterocycles. The molecule has 0 unspecified atom stereocenters. The molecule has 0 amide bonds. The van der Waals surface area contributed by atoms with E-state index >= 15 is 0 Å². The van der Waals surface area contributed by atoms with E-state index in [1.165, 1.54) is 0 Å². The fourth-order valence-corrected chi connectivity index (χ4v) is 2.00. The van der Waals surface area contributed by atoms with Gasteiger partial charge in [0, 0.05) is 18.4 Å². The number of esters is 1. The molecular weight excluding hydrogens is 232 g/mol. The highest BCUT2D eigenvalue weighted by Gasteiger charge is 2.17. The molecule has 0 saturated heterocycles. The smallest absolute Gasteiger partial charge is 0.343 e. The van der Waals surface area contributed by atoms with E-state index in [9.17, 15) is 9.59 Å². The van der Waals surface area contributed by atoms with Gasteiger partial charge in [-0.3, -0.25) is 4.79 Å². The van der Waals surface area contributed by atoms with Crippen LogP contribution in [0.1, 0.15) is 29.9 Å². The summed E-state index contributed by atoms with van der Waals surface area (Å²) in [5.41, 5.74) is 1.45. The van der Waals surface area contributed by atoms with Gasteiger partial charge in [0.05, 0.1) is 12.0 Å². The minimum atomic E-state index is -0.564. The van der Waals surface area contributed by atoms with E-state index in [0.29, 0.717) is 11.9 Å². The second-order valence-corrected chi connectivity index (χ2v) is 4.09. The van der Waals surface area contributed by atoms with Crippen molar-refractivity contribution in [2.75, 3.05) is 6.61 Å². The van der Waals surface area contributed by atoms with Crippen molar-refractivity contribution in [3.63, 3.8) is 0 Å². The molecule has 0 fully saturated rings. The first-order valence-electron chi connectivity index (χ1n) is 5.98. The van der Waals surface area contributed by atoms with Crippen LogP contribution in [0.5, 0.6) is 0 Å². The van der Waals surface area contributed by atoms with Crippen molar-refractivity contribution in [2.45, 2.75) is 27.3 Å². The third kappa shape index (κ3) is 1.92. The molecule has 0 aliphatic carbocycles. The molecule has 0 radical (unpaired) electrons. The SMILES string of the molecule is CCOC(=O)c1cn(CC)c2[nH]c(C)cc2c1=O. The number of H-pyrrole nitrogens is 1. The number of aromatic amines is 1. The van der Waals surface area contributed by atoms with Gasteiger partial charge in [0.2, 0.25) is 5.43 Å². The fourth-order valence-electron chi connectivity index (χ4n) is 2.00. The molecule has 0 saturated carbocycles. The Morgan fingerprint density at radius 2 is 2.17 bits per heavy atom. The lowest BCUT2D eigenvalue weighted by Gasteiger charge is -2.08. The van der Waals surface area contributed by atoms with E-state index in [1.54, 1.807) is 19.2 Å². The lowest BCUT2D eigenvalue weighted by Crippen LogP contribution is -2.20. The maximum Gasteiger partial charge on any atom is 0.343 e. The largest absolute Gasteiger partial charge is 0.462 e. The van der Waals surface area contributed by atoms with E-state index in [0.717, 1.165) is 11.3 Å². The predicted molar refractivity (Wildman–Crippen MR) is 68.9 cm³/mol. The summed E-state index contributed by atoms with van der Waals surface area (Å²) >= 11 is 0. The minimum absolute atomic E-state index is 0.0881. The number of nitrogens with one attached hydrogen (secondary N) is 1. The van der Waals surface area contributed by atoms with Crippen molar-refractivity contribution in [1.29, 1.82) is 0 Å². The Balaban J connectivity index is 2.72. The average molecular weight is 248 g/mol. The monoisotopic (exact) mass is 248 g/mol. The standard InChI is InChI=1S/C13H16N2O3/c1-4-15-7-10(13(17)18-5-2)11(16)9-6-8(3)14-12(9)15/h6-7,14H,4-5H2,1-3H3. The maximum atomic E-state index is 12.2. The van der Waals surface area contributed by atoms with Gasteiger partial charge in [-0.05, 0) is 26.8 Å². The van der Waals surface area contributed by atoms with Crippen molar-refractivity contribution in [3.8, 4) is 0 Å². The number of aryl methyl sites for hydroxylation is 2. The van der Waals surface area contributed by atoms with Gasteiger partial charge in [-0.2, -0.15) is 0 Å². The number of ether oxygens (including phenoxy) is 1. The Kier molecular flexibility index (Phi) is 3.23. The summed E-state index contributed by atoms with van der Waals surface area (Å²) in [5.74, 6) is -0.564. The summed E-state index contributed by atoms with van der Waals surface area (Å²) in [5, 5.41) is 0.528. The quantitative estimate of drug-likeness (QED) is 0.843. The molecule has 2 rings (SSSR count).